The third-order valence-corrected chi connectivity index (χ3v) is 11.2. The van der Waals surface area contributed by atoms with E-state index in [1.807, 2.05) is 72.8 Å². The maximum atomic E-state index is 7.09. The van der Waals surface area contributed by atoms with Crippen LogP contribution in [0, 0.1) is 17.3 Å². The summed E-state index contributed by atoms with van der Waals surface area (Å²) in [5.74, 6) is 1.06. The van der Waals surface area contributed by atoms with Gasteiger partial charge in [-0.3, -0.25) is 0 Å². The Hall–Kier alpha value is -3.30. The highest BCUT2D eigenvalue weighted by Gasteiger charge is 2.69. The van der Waals surface area contributed by atoms with Gasteiger partial charge >= 0.3 is 7.12 Å². The van der Waals surface area contributed by atoms with Crippen molar-refractivity contribution < 1.29 is 28.3 Å². The van der Waals surface area contributed by atoms with Crippen molar-refractivity contribution in [1.82, 2.24) is 0 Å². The molecule has 49 heavy (non-hydrogen) atoms. The molecule has 7 heteroatoms. The van der Waals surface area contributed by atoms with Gasteiger partial charge in [-0.15, -0.1) is 0 Å². The van der Waals surface area contributed by atoms with E-state index in [1.165, 1.54) is 6.42 Å². The van der Waals surface area contributed by atoms with Crippen molar-refractivity contribution in [3.8, 4) is 0 Å². The smallest absolute Gasteiger partial charge is 0.404 e. The normalized spacial score (nSPS) is 25.6. The van der Waals surface area contributed by atoms with Crippen LogP contribution in [0.4, 0.5) is 0 Å². The molecule has 4 aromatic carbocycles. The third-order valence-electron chi connectivity index (χ3n) is 11.2. The first kappa shape index (κ1) is 34.2. The second-order valence-electron chi connectivity index (χ2n) is 14.7. The van der Waals surface area contributed by atoms with Gasteiger partial charge in [0.15, 0.2) is 0 Å². The Labute approximate surface area is 292 Å². The molecule has 4 fully saturated rings. The second-order valence-corrected chi connectivity index (χ2v) is 14.7. The average molecular weight is 661 g/mol. The van der Waals surface area contributed by atoms with E-state index in [-0.39, 0.29) is 11.5 Å². The lowest BCUT2D eigenvalue weighted by atomic mass is 9.43. The first-order valence-corrected chi connectivity index (χ1v) is 17.8. The molecule has 0 spiro atoms. The van der Waals surface area contributed by atoms with E-state index >= 15 is 0 Å². The number of hydrogen-bond donors (Lipinski definition) is 0. The summed E-state index contributed by atoms with van der Waals surface area (Å²) in [4.78, 5) is 0. The largest absolute Gasteiger partial charge is 0.491 e. The molecular formula is C42H49BO6. The van der Waals surface area contributed by atoms with Gasteiger partial charge in [0.1, 0.15) is 18.2 Å². The van der Waals surface area contributed by atoms with E-state index in [0.29, 0.717) is 44.9 Å². The van der Waals surface area contributed by atoms with Gasteiger partial charge in [-0.25, -0.2) is 0 Å². The molecule has 0 amide bonds. The summed E-state index contributed by atoms with van der Waals surface area (Å²) >= 11 is 0. The molecule has 0 unspecified atom stereocenters. The van der Waals surface area contributed by atoms with Crippen LogP contribution in [0.1, 0.15) is 55.9 Å². The number of benzene rings is 4. The summed E-state index contributed by atoms with van der Waals surface area (Å²) in [6.45, 7) is 8.95. The summed E-state index contributed by atoms with van der Waals surface area (Å²) in [5, 5.41) is 0. The molecule has 0 N–H and O–H groups in total. The van der Waals surface area contributed by atoms with Crippen molar-refractivity contribution >= 4 is 7.12 Å². The summed E-state index contributed by atoms with van der Waals surface area (Å²) in [7, 11) is -0.633. The molecule has 0 radical (unpaired) electrons. The molecule has 0 aromatic heterocycles. The van der Waals surface area contributed by atoms with Crippen LogP contribution in [0.15, 0.2) is 121 Å². The van der Waals surface area contributed by atoms with Crippen LogP contribution < -0.4 is 0 Å². The van der Waals surface area contributed by atoms with Gasteiger partial charge in [0.25, 0.3) is 0 Å². The van der Waals surface area contributed by atoms with E-state index < -0.39 is 30.9 Å². The second kappa shape index (κ2) is 15.3. The molecule has 1 saturated heterocycles. The van der Waals surface area contributed by atoms with Crippen molar-refractivity contribution in [2.24, 2.45) is 17.3 Å². The van der Waals surface area contributed by atoms with Crippen LogP contribution in [-0.4, -0.2) is 43.6 Å². The topological polar surface area (TPSA) is 55.4 Å². The van der Waals surface area contributed by atoms with Gasteiger partial charge in [0.2, 0.25) is 0 Å². The van der Waals surface area contributed by atoms with Gasteiger partial charge in [-0.05, 0) is 59.3 Å². The fourth-order valence-corrected chi connectivity index (χ4v) is 8.20. The Balaban J connectivity index is 1.20. The Morgan fingerprint density at radius 1 is 0.633 bits per heavy atom. The molecule has 6 nitrogen and oxygen atoms in total. The lowest BCUT2D eigenvalue weighted by Crippen LogP contribution is -2.65. The lowest BCUT2D eigenvalue weighted by molar-refractivity contribution is -0.200. The molecule has 8 rings (SSSR count). The van der Waals surface area contributed by atoms with Gasteiger partial charge in [0.05, 0.1) is 44.7 Å². The van der Waals surface area contributed by atoms with Crippen LogP contribution >= 0.6 is 0 Å². The molecule has 256 valence electrons. The molecule has 1 heterocycles. The van der Waals surface area contributed by atoms with Gasteiger partial charge in [-0.1, -0.05) is 135 Å². The van der Waals surface area contributed by atoms with E-state index in [9.17, 15) is 0 Å². The first-order valence-electron chi connectivity index (χ1n) is 17.8. The Morgan fingerprint density at radius 2 is 1.12 bits per heavy atom. The average Bonchev–Trinajstić information content (AvgIpc) is 3.50. The molecule has 3 saturated carbocycles. The predicted octanol–water partition coefficient (Wildman–Crippen LogP) is 8.23. The minimum absolute atomic E-state index is 0.00453. The van der Waals surface area contributed by atoms with Crippen LogP contribution in [0.3, 0.4) is 0 Å². The summed E-state index contributed by atoms with van der Waals surface area (Å²) in [6.07, 6.45) is 1.12. The first-order chi connectivity index (χ1) is 23.9. The summed E-state index contributed by atoms with van der Waals surface area (Å²) in [5.41, 5.74) is 4.14. The number of rotatable bonds is 16. The third kappa shape index (κ3) is 7.73. The van der Waals surface area contributed by atoms with Crippen molar-refractivity contribution in [2.75, 3.05) is 6.61 Å². The van der Waals surface area contributed by atoms with Crippen LogP contribution in [0.2, 0.25) is 0 Å². The maximum Gasteiger partial charge on any atom is 0.491 e. The zero-order valence-corrected chi connectivity index (χ0v) is 29.0. The quantitative estimate of drug-likeness (QED) is 0.113. The Kier molecular flexibility index (Phi) is 10.7. The zero-order chi connectivity index (χ0) is 33.7. The van der Waals surface area contributed by atoms with E-state index in [2.05, 4.69) is 69.3 Å². The maximum absolute atomic E-state index is 7.09. The molecule has 1 aliphatic heterocycles. The van der Waals surface area contributed by atoms with Crippen molar-refractivity contribution in [3.05, 3.63) is 144 Å². The highest BCUT2D eigenvalue weighted by atomic mass is 16.7. The summed E-state index contributed by atoms with van der Waals surface area (Å²) < 4.78 is 41.0. The van der Waals surface area contributed by atoms with Gasteiger partial charge in [-0.2, -0.15) is 0 Å². The minimum Gasteiger partial charge on any atom is -0.404 e. The number of ether oxygens (including phenoxy) is 4. The minimum atomic E-state index is -0.633. The number of hydrogen-bond acceptors (Lipinski definition) is 6. The van der Waals surface area contributed by atoms with Crippen LogP contribution in [0.5, 0.6) is 0 Å². The van der Waals surface area contributed by atoms with Crippen molar-refractivity contribution in [2.45, 2.75) is 90.0 Å². The summed E-state index contributed by atoms with van der Waals surface area (Å²) in [6, 6.07) is 40.4. The Morgan fingerprint density at radius 3 is 1.65 bits per heavy atom. The zero-order valence-electron chi connectivity index (χ0n) is 29.0. The van der Waals surface area contributed by atoms with E-state index in [1.54, 1.807) is 0 Å². The predicted molar refractivity (Wildman–Crippen MR) is 191 cm³/mol. The molecule has 7 atom stereocenters. The standard InChI is InChI=1S/C42H49BO6/c1-41(2)35-24-37(41)42(3)38(25-35)48-43(49-42)40(47-29-34-22-14-7-15-23-34)39(46-28-33-20-12-6-13-21-33)36(45-27-32-18-10-5-11-19-32)30-44-26-31-16-8-4-9-17-31/h4-23,35-40H,24-30H2,1-3H3/t35-,36-,37-,38+,39-,40+,42-/m0/s1. The molecule has 3 aliphatic carbocycles. The lowest BCUT2D eigenvalue weighted by Gasteiger charge is -2.64. The van der Waals surface area contributed by atoms with Gasteiger partial charge in [0, 0.05) is 0 Å². The fraction of sp³-hybridized carbons (Fsp3) is 0.429. The van der Waals surface area contributed by atoms with Crippen LogP contribution in [0.25, 0.3) is 0 Å². The monoisotopic (exact) mass is 660 g/mol. The van der Waals surface area contributed by atoms with E-state index in [0.717, 1.165) is 28.7 Å². The van der Waals surface area contributed by atoms with Gasteiger partial charge < -0.3 is 28.3 Å². The van der Waals surface area contributed by atoms with Crippen molar-refractivity contribution in [1.29, 1.82) is 0 Å². The van der Waals surface area contributed by atoms with E-state index in [4.69, 9.17) is 28.3 Å². The molecular weight excluding hydrogens is 611 g/mol. The highest BCUT2D eigenvalue weighted by Crippen LogP contribution is 2.65. The Bertz CT molecular complexity index is 1590. The molecule has 2 bridgehead atoms. The molecule has 4 aliphatic rings. The SMILES string of the molecule is CC1(C)[C@@H]2C[C@H]3OB([C@H](OCc4ccccc4)[C@@H](OCc4ccccc4)[C@H](COCc4ccccc4)OCc4ccccc4)O[C@@]3(C)[C@H]1C2. The molecule has 4 aromatic rings. The van der Waals surface area contributed by atoms with Crippen LogP contribution in [-0.2, 0) is 54.7 Å². The highest BCUT2D eigenvalue weighted by molar-refractivity contribution is 6.47. The van der Waals surface area contributed by atoms with Crippen molar-refractivity contribution in [3.63, 3.8) is 0 Å². The fourth-order valence-electron chi connectivity index (χ4n) is 8.20.